The van der Waals surface area contributed by atoms with Gasteiger partial charge in [-0.15, -0.1) is 0 Å². The molecule has 1 aromatic carbocycles. The quantitative estimate of drug-likeness (QED) is 0.676. The van der Waals surface area contributed by atoms with Crippen molar-refractivity contribution in [1.82, 2.24) is 4.90 Å². The maximum atomic E-state index is 6.17. The van der Waals surface area contributed by atoms with Crippen molar-refractivity contribution in [3.8, 4) is 0 Å². The summed E-state index contributed by atoms with van der Waals surface area (Å²) >= 11 is 0. The van der Waals surface area contributed by atoms with E-state index in [0.29, 0.717) is 5.92 Å². The van der Waals surface area contributed by atoms with Gasteiger partial charge in [-0.05, 0) is 30.7 Å². The molecule has 3 heteroatoms. The number of benzene rings is 1. The maximum Gasteiger partial charge on any atom is 0.191 e. The first-order valence-corrected chi connectivity index (χ1v) is 7.80. The predicted octanol–water partition coefficient (Wildman–Crippen LogP) is 3.23. The van der Waals surface area contributed by atoms with E-state index in [2.05, 4.69) is 54.1 Å². The van der Waals surface area contributed by atoms with Gasteiger partial charge in [0.2, 0.25) is 0 Å². The summed E-state index contributed by atoms with van der Waals surface area (Å²) in [6, 6.07) is 10.6. The van der Waals surface area contributed by atoms with Gasteiger partial charge in [0.15, 0.2) is 5.96 Å². The van der Waals surface area contributed by atoms with Crippen LogP contribution in [0.2, 0.25) is 0 Å². The Morgan fingerprint density at radius 1 is 1.40 bits per heavy atom. The van der Waals surface area contributed by atoms with E-state index < -0.39 is 0 Å². The Bertz CT molecular complexity index is 427. The average molecular weight is 273 g/mol. The second kappa shape index (κ2) is 7.32. The van der Waals surface area contributed by atoms with Crippen LogP contribution in [0.1, 0.15) is 44.6 Å². The molecule has 2 rings (SSSR count). The Hall–Kier alpha value is -1.51. The lowest BCUT2D eigenvalue weighted by molar-refractivity contribution is 0.270. The molecule has 2 N–H and O–H groups in total. The zero-order valence-electron chi connectivity index (χ0n) is 12.8. The van der Waals surface area contributed by atoms with Crippen molar-refractivity contribution in [1.29, 1.82) is 0 Å². The number of nitrogens with two attached hydrogens (primary N) is 1. The molecule has 110 valence electrons. The number of guanidine groups is 1. The van der Waals surface area contributed by atoms with Crippen LogP contribution in [0.25, 0.3) is 0 Å². The summed E-state index contributed by atoms with van der Waals surface area (Å²) in [5, 5.41) is 0. The topological polar surface area (TPSA) is 41.6 Å². The fourth-order valence-corrected chi connectivity index (χ4v) is 2.90. The molecule has 1 heterocycles. The van der Waals surface area contributed by atoms with Gasteiger partial charge in [-0.1, -0.05) is 44.2 Å². The fraction of sp³-hybridized carbons (Fsp3) is 0.588. The Morgan fingerprint density at radius 3 is 2.80 bits per heavy atom. The Balaban J connectivity index is 1.96. The highest BCUT2D eigenvalue weighted by Gasteiger charge is 2.18. The van der Waals surface area contributed by atoms with E-state index in [4.69, 9.17) is 5.73 Å². The van der Waals surface area contributed by atoms with Crippen LogP contribution in [0.3, 0.4) is 0 Å². The Labute approximate surface area is 122 Å². The number of nitrogens with zero attached hydrogens (tertiary/aromatic N) is 2. The van der Waals surface area contributed by atoms with Gasteiger partial charge in [-0.2, -0.15) is 0 Å². The molecule has 1 fully saturated rings. The molecule has 3 nitrogen and oxygen atoms in total. The number of likely N-dealkylation sites (tertiary alicyclic amines) is 1. The standard InChI is InChI=1S/C17H27N3/c1-3-15(16-9-5-4-6-10-16)12-19-17(18)20-11-7-8-14(2)13-20/h4-6,9-10,14-15H,3,7-8,11-13H2,1-2H3,(H2,18,19). The predicted molar refractivity (Wildman–Crippen MR) is 85.9 cm³/mol. The third kappa shape index (κ3) is 3.99. The molecule has 0 aliphatic carbocycles. The fourth-order valence-electron chi connectivity index (χ4n) is 2.90. The third-order valence-electron chi connectivity index (χ3n) is 4.22. The molecular formula is C17H27N3. The van der Waals surface area contributed by atoms with Crippen molar-refractivity contribution in [2.24, 2.45) is 16.6 Å². The number of hydrogen-bond acceptors (Lipinski definition) is 1. The molecule has 0 aromatic heterocycles. The van der Waals surface area contributed by atoms with Crippen LogP contribution in [0.15, 0.2) is 35.3 Å². The molecular weight excluding hydrogens is 246 g/mol. The van der Waals surface area contributed by atoms with Crippen LogP contribution >= 0.6 is 0 Å². The van der Waals surface area contributed by atoms with Crippen LogP contribution in [-0.4, -0.2) is 30.5 Å². The molecule has 20 heavy (non-hydrogen) atoms. The normalized spacial score (nSPS) is 21.8. The highest BCUT2D eigenvalue weighted by molar-refractivity contribution is 5.78. The summed E-state index contributed by atoms with van der Waals surface area (Å²) in [7, 11) is 0. The lowest BCUT2D eigenvalue weighted by atomic mass is 9.97. The van der Waals surface area contributed by atoms with Crippen molar-refractivity contribution in [3.05, 3.63) is 35.9 Å². The van der Waals surface area contributed by atoms with Crippen LogP contribution < -0.4 is 5.73 Å². The number of hydrogen-bond donors (Lipinski definition) is 1. The first kappa shape index (κ1) is 14.9. The largest absolute Gasteiger partial charge is 0.370 e. The lowest BCUT2D eigenvalue weighted by Gasteiger charge is -2.31. The molecule has 2 unspecified atom stereocenters. The van der Waals surface area contributed by atoms with Crippen molar-refractivity contribution in [2.75, 3.05) is 19.6 Å². The number of piperidine rings is 1. The van der Waals surface area contributed by atoms with E-state index >= 15 is 0 Å². The van der Waals surface area contributed by atoms with Crippen molar-refractivity contribution in [3.63, 3.8) is 0 Å². The molecule has 0 amide bonds. The monoisotopic (exact) mass is 273 g/mol. The molecule has 1 saturated heterocycles. The lowest BCUT2D eigenvalue weighted by Crippen LogP contribution is -2.43. The molecule has 0 radical (unpaired) electrons. The van der Waals surface area contributed by atoms with E-state index in [0.717, 1.165) is 37.9 Å². The molecule has 1 aliphatic heterocycles. The smallest absolute Gasteiger partial charge is 0.191 e. The molecule has 0 spiro atoms. The second-order valence-corrected chi connectivity index (χ2v) is 5.91. The van der Waals surface area contributed by atoms with Crippen LogP contribution in [0, 0.1) is 5.92 Å². The van der Waals surface area contributed by atoms with Crippen LogP contribution in [0.4, 0.5) is 0 Å². The Kier molecular flexibility index (Phi) is 5.45. The van der Waals surface area contributed by atoms with Gasteiger partial charge in [-0.25, -0.2) is 0 Å². The van der Waals surface area contributed by atoms with Crippen molar-refractivity contribution < 1.29 is 0 Å². The average Bonchev–Trinajstić information content (AvgIpc) is 2.49. The number of aliphatic imine (C=N–C) groups is 1. The molecule has 2 atom stereocenters. The summed E-state index contributed by atoms with van der Waals surface area (Å²) in [4.78, 5) is 6.89. The zero-order valence-corrected chi connectivity index (χ0v) is 12.8. The highest BCUT2D eigenvalue weighted by atomic mass is 15.3. The van der Waals surface area contributed by atoms with E-state index in [1.807, 2.05) is 0 Å². The summed E-state index contributed by atoms with van der Waals surface area (Å²) in [5.74, 6) is 1.93. The minimum atomic E-state index is 0.469. The molecule has 0 bridgehead atoms. The highest BCUT2D eigenvalue weighted by Crippen LogP contribution is 2.20. The van der Waals surface area contributed by atoms with Crippen LogP contribution in [0.5, 0.6) is 0 Å². The van der Waals surface area contributed by atoms with E-state index in [-0.39, 0.29) is 0 Å². The molecule has 1 aromatic rings. The zero-order chi connectivity index (χ0) is 14.4. The first-order chi connectivity index (χ1) is 9.70. The van der Waals surface area contributed by atoms with Gasteiger partial charge in [0.1, 0.15) is 0 Å². The van der Waals surface area contributed by atoms with Gasteiger partial charge in [0, 0.05) is 25.6 Å². The van der Waals surface area contributed by atoms with Crippen LogP contribution in [-0.2, 0) is 0 Å². The van der Waals surface area contributed by atoms with Crippen molar-refractivity contribution >= 4 is 5.96 Å². The minimum absolute atomic E-state index is 0.469. The summed E-state index contributed by atoms with van der Waals surface area (Å²) in [6.07, 6.45) is 3.63. The SMILES string of the molecule is CCC(CN=C(N)N1CCCC(C)C1)c1ccccc1. The molecule has 1 aliphatic rings. The summed E-state index contributed by atoms with van der Waals surface area (Å²) in [6.45, 7) is 7.40. The van der Waals surface area contributed by atoms with Gasteiger partial charge in [-0.3, -0.25) is 4.99 Å². The summed E-state index contributed by atoms with van der Waals surface area (Å²) in [5.41, 5.74) is 7.53. The second-order valence-electron chi connectivity index (χ2n) is 5.91. The van der Waals surface area contributed by atoms with Crippen molar-refractivity contribution in [2.45, 2.75) is 39.0 Å². The van der Waals surface area contributed by atoms with Gasteiger partial charge < -0.3 is 10.6 Å². The van der Waals surface area contributed by atoms with Gasteiger partial charge in [0.05, 0.1) is 0 Å². The van der Waals surface area contributed by atoms with Gasteiger partial charge in [0.25, 0.3) is 0 Å². The number of rotatable bonds is 4. The van der Waals surface area contributed by atoms with E-state index in [9.17, 15) is 0 Å². The maximum absolute atomic E-state index is 6.17. The van der Waals surface area contributed by atoms with E-state index in [1.165, 1.54) is 18.4 Å². The van der Waals surface area contributed by atoms with E-state index in [1.54, 1.807) is 0 Å². The summed E-state index contributed by atoms with van der Waals surface area (Å²) < 4.78 is 0. The first-order valence-electron chi connectivity index (χ1n) is 7.80. The molecule has 0 saturated carbocycles. The Morgan fingerprint density at radius 2 is 2.15 bits per heavy atom. The van der Waals surface area contributed by atoms with Gasteiger partial charge >= 0.3 is 0 Å². The third-order valence-corrected chi connectivity index (χ3v) is 4.22. The minimum Gasteiger partial charge on any atom is -0.370 e.